The largest absolute Gasteiger partial charge is 0.481 e. The van der Waals surface area contributed by atoms with Crippen LogP contribution in [-0.2, 0) is 11.3 Å². The molecule has 1 unspecified atom stereocenters. The van der Waals surface area contributed by atoms with Gasteiger partial charge in [-0.1, -0.05) is 32.8 Å². The van der Waals surface area contributed by atoms with E-state index in [0.717, 1.165) is 50.9 Å². The van der Waals surface area contributed by atoms with Crippen LogP contribution in [-0.4, -0.2) is 68.4 Å². The number of aliphatic imine (C=N–C) groups is 1. The van der Waals surface area contributed by atoms with Gasteiger partial charge in [-0.2, -0.15) is 0 Å². The molecule has 1 saturated heterocycles. The third-order valence-electron chi connectivity index (χ3n) is 5.38. The molecule has 1 fully saturated rings. The van der Waals surface area contributed by atoms with E-state index in [4.69, 9.17) is 14.5 Å². The van der Waals surface area contributed by atoms with Crippen molar-refractivity contribution in [3.8, 4) is 5.88 Å². The highest BCUT2D eigenvalue weighted by Gasteiger charge is 2.27. The van der Waals surface area contributed by atoms with Crippen LogP contribution in [0.2, 0.25) is 0 Å². The van der Waals surface area contributed by atoms with E-state index in [-0.39, 0.29) is 24.0 Å². The second kappa shape index (κ2) is 14.8. The van der Waals surface area contributed by atoms with Gasteiger partial charge in [0.25, 0.3) is 0 Å². The minimum atomic E-state index is 0. The summed E-state index contributed by atoms with van der Waals surface area (Å²) < 4.78 is 10.9. The Kier molecular flexibility index (Phi) is 13.2. The number of nitrogens with one attached hydrogen (secondary N) is 2. The van der Waals surface area contributed by atoms with Crippen LogP contribution >= 0.6 is 24.0 Å². The second-order valence-electron chi connectivity index (χ2n) is 7.04. The van der Waals surface area contributed by atoms with Crippen LogP contribution in [0.5, 0.6) is 5.88 Å². The highest BCUT2D eigenvalue weighted by Crippen LogP contribution is 2.19. The molecule has 8 heteroatoms. The van der Waals surface area contributed by atoms with Crippen molar-refractivity contribution in [3.63, 3.8) is 0 Å². The molecule has 166 valence electrons. The predicted molar refractivity (Wildman–Crippen MR) is 129 cm³/mol. The molecule has 1 aliphatic heterocycles. The summed E-state index contributed by atoms with van der Waals surface area (Å²) in [5.74, 6) is 2.12. The molecular weight excluding hydrogens is 481 g/mol. The van der Waals surface area contributed by atoms with E-state index in [2.05, 4.69) is 41.3 Å². The maximum absolute atomic E-state index is 5.55. The SMILES string of the molecule is CCNC(=NCc1cccnc1OC)NCC(C(CC)CC)N1CCOCC1.I. The zero-order chi connectivity index (χ0) is 20.2. The third-order valence-corrected chi connectivity index (χ3v) is 5.38. The summed E-state index contributed by atoms with van der Waals surface area (Å²) >= 11 is 0. The molecule has 7 nitrogen and oxygen atoms in total. The van der Waals surface area contributed by atoms with E-state index >= 15 is 0 Å². The number of hydrogen-bond donors (Lipinski definition) is 2. The lowest BCUT2D eigenvalue weighted by Crippen LogP contribution is -2.53. The molecule has 29 heavy (non-hydrogen) atoms. The zero-order valence-corrected chi connectivity index (χ0v) is 20.6. The molecule has 1 aromatic heterocycles. The summed E-state index contributed by atoms with van der Waals surface area (Å²) in [5, 5.41) is 6.93. The molecule has 2 heterocycles. The van der Waals surface area contributed by atoms with Crippen LogP contribution in [0.25, 0.3) is 0 Å². The van der Waals surface area contributed by atoms with Crippen LogP contribution in [0, 0.1) is 5.92 Å². The van der Waals surface area contributed by atoms with E-state index < -0.39 is 0 Å². The summed E-state index contributed by atoms with van der Waals surface area (Å²) in [6.07, 6.45) is 4.10. The molecular formula is C21H38IN5O2. The lowest BCUT2D eigenvalue weighted by Gasteiger charge is -2.39. The second-order valence-corrected chi connectivity index (χ2v) is 7.04. The molecule has 1 aliphatic rings. The summed E-state index contributed by atoms with van der Waals surface area (Å²) in [6.45, 7) is 12.5. The van der Waals surface area contributed by atoms with E-state index in [1.165, 1.54) is 12.8 Å². The summed E-state index contributed by atoms with van der Waals surface area (Å²) in [6, 6.07) is 4.39. The molecule has 0 amide bonds. The summed E-state index contributed by atoms with van der Waals surface area (Å²) in [5.41, 5.74) is 0.979. The van der Waals surface area contributed by atoms with Gasteiger partial charge in [0.05, 0.1) is 26.9 Å². The number of nitrogens with zero attached hydrogens (tertiary/aromatic N) is 3. The van der Waals surface area contributed by atoms with E-state index in [0.29, 0.717) is 24.4 Å². The zero-order valence-electron chi connectivity index (χ0n) is 18.3. The van der Waals surface area contributed by atoms with Crippen LogP contribution in [0.4, 0.5) is 0 Å². The van der Waals surface area contributed by atoms with E-state index in [9.17, 15) is 0 Å². The van der Waals surface area contributed by atoms with Crippen LogP contribution in [0.15, 0.2) is 23.3 Å². The fraction of sp³-hybridized carbons (Fsp3) is 0.714. The van der Waals surface area contributed by atoms with E-state index in [1.54, 1.807) is 13.3 Å². The highest BCUT2D eigenvalue weighted by molar-refractivity contribution is 14.0. The van der Waals surface area contributed by atoms with Crippen molar-refractivity contribution < 1.29 is 9.47 Å². The van der Waals surface area contributed by atoms with Crippen LogP contribution in [0.3, 0.4) is 0 Å². The average Bonchev–Trinajstić information content (AvgIpc) is 2.75. The number of hydrogen-bond acceptors (Lipinski definition) is 5. The standard InChI is InChI=1S/C21H37N5O2.HI/c1-5-17(6-2)19(26-11-13-28-14-12-26)16-25-21(22-7-3)24-15-18-9-8-10-23-20(18)27-4;/h8-10,17,19H,5-7,11-16H2,1-4H3,(H2,22,24,25);1H. The van der Waals surface area contributed by atoms with Gasteiger partial charge < -0.3 is 20.1 Å². The minimum absolute atomic E-state index is 0. The maximum atomic E-state index is 5.55. The fourth-order valence-electron chi connectivity index (χ4n) is 3.77. The van der Waals surface area contributed by atoms with Gasteiger partial charge in [0.15, 0.2) is 5.96 Å². The Balaban J connectivity index is 0.00000420. The normalized spacial score (nSPS) is 16.2. The molecule has 0 aliphatic carbocycles. The molecule has 1 aromatic rings. The van der Waals surface area contributed by atoms with Crippen LogP contribution < -0.4 is 15.4 Å². The van der Waals surface area contributed by atoms with Gasteiger partial charge in [0.1, 0.15) is 0 Å². The van der Waals surface area contributed by atoms with Crippen molar-refractivity contribution in [1.29, 1.82) is 0 Å². The minimum Gasteiger partial charge on any atom is -0.481 e. The molecule has 0 radical (unpaired) electrons. The number of aromatic nitrogens is 1. The number of morpholine rings is 1. The van der Waals surface area contributed by atoms with Crippen molar-refractivity contribution >= 4 is 29.9 Å². The van der Waals surface area contributed by atoms with Gasteiger partial charge >= 0.3 is 0 Å². The third kappa shape index (κ3) is 8.25. The Morgan fingerprint density at radius 2 is 1.97 bits per heavy atom. The Bertz CT molecular complexity index is 592. The topological polar surface area (TPSA) is 71.0 Å². The monoisotopic (exact) mass is 519 g/mol. The van der Waals surface area contributed by atoms with Gasteiger partial charge in [-0.05, 0) is 18.9 Å². The maximum Gasteiger partial charge on any atom is 0.218 e. The molecule has 0 aromatic carbocycles. The lowest BCUT2D eigenvalue weighted by molar-refractivity contribution is 0.00272. The highest BCUT2D eigenvalue weighted by atomic mass is 127. The Labute approximate surface area is 193 Å². The number of pyridine rings is 1. The smallest absolute Gasteiger partial charge is 0.218 e. The Hall–Kier alpha value is -1.13. The predicted octanol–water partition coefficient (Wildman–Crippen LogP) is 2.90. The average molecular weight is 519 g/mol. The number of rotatable bonds is 10. The van der Waals surface area contributed by atoms with E-state index in [1.807, 2.05) is 12.1 Å². The number of ether oxygens (including phenoxy) is 2. The number of methoxy groups -OCH3 is 1. The van der Waals surface area contributed by atoms with Gasteiger partial charge in [-0.3, -0.25) is 4.90 Å². The van der Waals surface area contributed by atoms with Crippen molar-refractivity contribution in [3.05, 3.63) is 23.9 Å². The molecule has 0 bridgehead atoms. The van der Waals surface area contributed by atoms with Gasteiger partial charge in [0.2, 0.25) is 5.88 Å². The van der Waals surface area contributed by atoms with Crippen molar-refractivity contribution in [1.82, 2.24) is 20.5 Å². The molecule has 2 rings (SSSR count). The molecule has 0 saturated carbocycles. The van der Waals surface area contributed by atoms with Crippen molar-refractivity contribution in [2.24, 2.45) is 10.9 Å². The van der Waals surface area contributed by atoms with Crippen molar-refractivity contribution in [2.75, 3.05) is 46.5 Å². The summed E-state index contributed by atoms with van der Waals surface area (Å²) in [4.78, 5) is 11.6. The first-order chi connectivity index (χ1) is 13.7. The van der Waals surface area contributed by atoms with Gasteiger partial charge in [-0.25, -0.2) is 9.98 Å². The fourth-order valence-corrected chi connectivity index (χ4v) is 3.77. The molecule has 1 atom stereocenters. The first-order valence-electron chi connectivity index (χ1n) is 10.5. The van der Waals surface area contributed by atoms with Crippen molar-refractivity contribution in [2.45, 2.75) is 46.2 Å². The lowest BCUT2D eigenvalue weighted by atomic mass is 9.92. The molecule has 2 N–H and O–H groups in total. The quantitative estimate of drug-likeness (QED) is 0.282. The Morgan fingerprint density at radius 3 is 2.59 bits per heavy atom. The van der Waals surface area contributed by atoms with Crippen LogP contribution in [0.1, 0.15) is 39.2 Å². The molecule has 0 spiro atoms. The number of halogens is 1. The summed E-state index contributed by atoms with van der Waals surface area (Å²) in [7, 11) is 1.64. The van der Waals surface area contributed by atoms with Gasteiger partial charge in [0, 0.05) is 44.0 Å². The Morgan fingerprint density at radius 1 is 1.24 bits per heavy atom. The van der Waals surface area contributed by atoms with Gasteiger partial charge in [-0.15, -0.1) is 24.0 Å². The first kappa shape index (κ1) is 25.9. The number of guanidine groups is 1. The first-order valence-corrected chi connectivity index (χ1v) is 10.5.